The van der Waals surface area contributed by atoms with E-state index in [4.69, 9.17) is 5.11 Å². The van der Waals surface area contributed by atoms with Crippen molar-refractivity contribution in [1.29, 1.82) is 0 Å². The number of thioether (sulfide) groups is 1. The zero-order chi connectivity index (χ0) is 9.19. The molecule has 72 valence electrons. The van der Waals surface area contributed by atoms with Crippen LogP contribution in [0.1, 0.15) is 13.8 Å². The summed E-state index contributed by atoms with van der Waals surface area (Å²) in [6.07, 6.45) is -0.263. The van der Waals surface area contributed by atoms with E-state index in [1.807, 2.05) is 13.8 Å². The topological polar surface area (TPSA) is 52.5 Å². The highest BCUT2D eigenvalue weighted by Crippen LogP contribution is 2.31. The van der Waals surface area contributed by atoms with E-state index < -0.39 is 0 Å². The molecule has 0 aliphatic carbocycles. The molecule has 4 heteroatoms. The number of β-amino-alcohol motifs (C(OH)–C–C–N with tert-alkyl or cyclic N) is 1. The fraction of sp³-hybridized carbons (Fsp3) is 1.00. The Hall–Kier alpha value is 0.230. The van der Waals surface area contributed by atoms with Gasteiger partial charge in [0.1, 0.15) is 0 Å². The number of hydrogen-bond donors (Lipinski definition) is 3. The molecule has 0 saturated carbocycles. The highest BCUT2D eigenvalue weighted by molar-refractivity contribution is 8.01. The van der Waals surface area contributed by atoms with Crippen molar-refractivity contribution < 1.29 is 10.2 Å². The first kappa shape index (κ1) is 10.3. The van der Waals surface area contributed by atoms with Crippen LogP contribution in [0.5, 0.6) is 0 Å². The lowest BCUT2D eigenvalue weighted by molar-refractivity contribution is 0.199. The molecule has 0 aromatic carbocycles. The van der Waals surface area contributed by atoms with Gasteiger partial charge in [-0.25, -0.2) is 0 Å². The van der Waals surface area contributed by atoms with Gasteiger partial charge in [0.2, 0.25) is 0 Å². The third-order valence-electron chi connectivity index (χ3n) is 1.98. The Kier molecular flexibility index (Phi) is 3.40. The van der Waals surface area contributed by atoms with Crippen molar-refractivity contribution in [2.24, 2.45) is 0 Å². The summed E-state index contributed by atoms with van der Waals surface area (Å²) in [5.74, 6) is 0. The van der Waals surface area contributed by atoms with Gasteiger partial charge in [-0.3, -0.25) is 0 Å². The van der Waals surface area contributed by atoms with Crippen LogP contribution in [0.4, 0.5) is 0 Å². The van der Waals surface area contributed by atoms with Crippen LogP contribution in [-0.2, 0) is 0 Å². The smallest absolute Gasteiger partial charge is 0.0795 e. The van der Waals surface area contributed by atoms with Crippen LogP contribution in [0.3, 0.4) is 0 Å². The first-order valence-electron chi connectivity index (χ1n) is 4.22. The Morgan fingerprint density at radius 1 is 1.50 bits per heavy atom. The summed E-state index contributed by atoms with van der Waals surface area (Å²) in [7, 11) is 0. The van der Waals surface area contributed by atoms with E-state index >= 15 is 0 Å². The maximum atomic E-state index is 9.48. The molecule has 1 saturated heterocycles. The molecule has 0 bridgehead atoms. The molecule has 0 radical (unpaired) electrons. The number of nitrogens with one attached hydrogen (secondary N) is 1. The van der Waals surface area contributed by atoms with Gasteiger partial charge in [0.15, 0.2) is 0 Å². The molecular weight excluding hydrogens is 174 g/mol. The molecule has 3 nitrogen and oxygen atoms in total. The molecular formula is C8H17NO2S. The number of aliphatic hydroxyl groups excluding tert-OH is 2. The molecule has 0 amide bonds. The van der Waals surface area contributed by atoms with E-state index in [1.165, 1.54) is 0 Å². The summed E-state index contributed by atoms with van der Waals surface area (Å²) in [6.45, 7) is 5.65. The molecule has 0 aromatic rings. The summed E-state index contributed by atoms with van der Waals surface area (Å²) in [5, 5.41) is 21.8. The lowest BCUT2D eigenvalue weighted by Crippen LogP contribution is -2.30. The zero-order valence-corrected chi connectivity index (χ0v) is 8.40. The van der Waals surface area contributed by atoms with Gasteiger partial charge in [0.25, 0.3) is 0 Å². The minimum absolute atomic E-state index is 0.141. The molecule has 3 N–H and O–H groups in total. The van der Waals surface area contributed by atoms with Gasteiger partial charge in [-0.2, -0.15) is 0 Å². The second kappa shape index (κ2) is 3.96. The summed E-state index contributed by atoms with van der Waals surface area (Å²) in [6, 6.07) is 0. The minimum Gasteiger partial charge on any atom is -0.395 e. The first-order chi connectivity index (χ1) is 5.55. The quantitative estimate of drug-likeness (QED) is 0.579. The minimum atomic E-state index is -0.263. The summed E-state index contributed by atoms with van der Waals surface area (Å²) >= 11 is 1.66. The van der Waals surface area contributed by atoms with Gasteiger partial charge >= 0.3 is 0 Å². The van der Waals surface area contributed by atoms with Crippen molar-refractivity contribution in [3.8, 4) is 0 Å². The molecule has 1 rings (SSSR count). The third-order valence-corrected chi connectivity index (χ3v) is 3.53. The fourth-order valence-electron chi connectivity index (χ4n) is 1.21. The van der Waals surface area contributed by atoms with E-state index in [2.05, 4.69) is 5.32 Å². The number of aliphatic hydroxyl groups is 2. The lowest BCUT2D eigenvalue weighted by Gasteiger charge is -2.26. The molecule has 1 aliphatic heterocycles. The van der Waals surface area contributed by atoms with Crippen LogP contribution in [0.2, 0.25) is 0 Å². The van der Waals surface area contributed by atoms with Gasteiger partial charge in [-0.15, -0.1) is 11.8 Å². The second-order valence-electron chi connectivity index (χ2n) is 3.80. The predicted molar refractivity (Wildman–Crippen MR) is 51.4 cm³/mol. The van der Waals surface area contributed by atoms with Gasteiger partial charge in [-0.1, -0.05) is 0 Å². The number of hydrogen-bond acceptors (Lipinski definition) is 4. The molecule has 12 heavy (non-hydrogen) atoms. The van der Waals surface area contributed by atoms with Crippen LogP contribution in [-0.4, -0.2) is 46.0 Å². The maximum Gasteiger partial charge on any atom is 0.0795 e. The summed E-state index contributed by atoms with van der Waals surface area (Å²) < 4.78 is -0.141. The van der Waals surface area contributed by atoms with Crippen molar-refractivity contribution >= 4 is 11.8 Å². The third kappa shape index (κ3) is 2.62. The largest absolute Gasteiger partial charge is 0.395 e. The average molecular weight is 191 g/mol. The molecule has 1 aliphatic rings. The average Bonchev–Trinajstić information content (AvgIpc) is 2.36. The van der Waals surface area contributed by atoms with E-state index in [1.54, 1.807) is 11.8 Å². The number of rotatable bonds is 3. The van der Waals surface area contributed by atoms with Crippen molar-refractivity contribution in [2.45, 2.75) is 29.9 Å². The monoisotopic (exact) mass is 191 g/mol. The fourth-order valence-corrected chi connectivity index (χ4v) is 2.56. The maximum absolute atomic E-state index is 9.48. The Balaban J connectivity index is 2.39. The van der Waals surface area contributed by atoms with Gasteiger partial charge in [0, 0.05) is 23.1 Å². The molecule has 0 aromatic heterocycles. The normalized spacial score (nSPS) is 31.0. The summed E-state index contributed by atoms with van der Waals surface area (Å²) in [5.41, 5.74) is 0. The predicted octanol–water partition coefficient (Wildman–Crippen LogP) is -0.177. The Morgan fingerprint density at radius 2 is 2.17 bits per heavy atom. The van der Waals surface area contributed by atoms with Crippen molar-refractivity contribution in [1.82, 2.24) is 5.32 Å². The van der Waals surface area contributed by atoms with E-state index in [9.17, 15) is 5.11 Å². The lowest BCUT2D eigenvalue weighted by atomic mass is 10.2. The van der Waals surface area contributed by atoms with E-state index in [0.29, 0.717) is 6.54 Å². The Labute approximate surface area is 77.5 Å². The van der Waals surface area contributed by atoms with E-state index in [-0.39, 0.29) is 22.7 Å². The van der Waals surface area contributed by atoms with Crippen molar-refractivity contribution in [3.63, 3.8) is 0 Å². The van der Waals surface area contributed by atoms with Crippen LogP contribution in [0.15, 0.2) is 0 Å². The van der Waals surface area contributed by atoms with Crippen molar-refractivity contribution in [2.75, 3.05) is 19.7 Å². The standard InChI is InChI=1S/C8H17NO2S/c1-8(2,5-10)12-7-4-9-3-6(7)11/h6-7,9-11H,3-5H2,1-2H3. The molecule has 2 unspecified atom stereocenters. The van der Waals surface area contributed by atoms with Crippen LogP contribution in [0.25, 0.3) is 0 Å². The second-order valence-corrected chi connectivity index (χ2v) is 5.75. The SMILES string of the molecule is CC(C)(CO)SC1CNCC1O. The molecule has 1 fully saturated rings. The zero-order valence-electron chi connectivity index (χ0n) is 7.58. The highest BCUT2D eigenvalue weighted by Gasteiger charge is 2.31. The Bertz CT molecular complexity index is 152. The highest BCUT2D eigenvalue weighted by atomic mass is 32.2. The Morgan fingerprint density at radius 3 is 2.58 bits per heavy atom. The molecule has 1 heterocycles. The molecule has 0 spiro atoms. The van der Waals surface area contributed by atoms with Crippen LogP contribution >= 0.6 is 11.8 Å². The van der Waals surface area contributed by atoms with Gasteiger partial charge in [0.05, 0.1) is 12.7 Å². The van der Waals surface area contributed by atoms with Gasteiger partial charge < -0.3 is 15.5 Å². The molecule has 2 atom stereocenters. The van der Waals surface area contributed by atoms with Gasteiger partial charge in [-0.05, 0) is 13.8 Å². The van der Waals surface area contributed by atoms with Crippen molar-refractivity contribution in [3.05, 3.63) is 0 Å². The summed E-state index contributed by atoms with van der Waals surface area (Å²) in [4.78, 5) is 0. The van der Waals surface area contributed by atoms with Crippen LogP contribution < -0.4 is 5.32 Å². The van der Waals surface area contributed by atoms with E-state index in [0.717, 1.165) is 6.54 Å². The first-order valence-corrected chi connectivity index (χ1v) is 5.10. The van der Waals surface area contributed by atoms with Crippen LogP contribution in [0, 0.1) is 0 Å².